The summed E-state index contributed by atoms with van der Waals surface area (Å²) in [6.45, 7) is 5.65. The van der Waals surface area contributed by atoms with E-state index in [1.165, 1.54) is 0 Å². The summed E-state index contributed by atoms with van der Waals surface area (Å²) < 4.78 is 0. The second-order valence-corrected chi connectivity index (χ2v) is 6.34. The minimum Gasteiger partial charge on any atom is -0.334 e. The molecule has 1 aliphatic rings. The second kappa shape index (κ2) is 6.39. The van der Waals surface area contributed by atoms with E-state index in [1.54, 1.807) is 29.2 Å². The Morgan fingerprint density at radius 2 is 1.76 bits per heavy atom. The number of hydrogen-bond acceptors (Lipinski definition) is 3. The van der Waals surface area contributed by atoms with E-state index in [2.05, 4.69) is 18.7 Å². The predicted octanol–water partition coefficient (Wildman–Crippen LogP) is 1.91. The molecule has 0 spiro atoms. The zero-order valence-corrected chi connectivity index (χ0v) is 13.2. The molecule has 0 saturated carbocycles. The lowest BCUT2D eigenvalue weighted by Crippen LogP contribution is -2.39. The third-order valence-corrected chi connectivity index (χ3v) is 4.37. The van der Waals surface area contributed by atoms with Gasteiger partial charge in [0.25, 0.3) is 5.91 Å². The first kappa shape index (κ1) is 15.7. The van der Waals surface area contributed by atoms with Gasteiger partial charge in [-0.05, 0) is 25.9 Å². The van der Waals surface area contributed by atoms with Crippen molar-refractivity contribution in [2.24, 2.45) is 11.8 Å². The summed E-state index contributed by atoms with van der Waals surface area (Å²) in [5.41, 5.74) is 0.469. The van der Waals surface area contributed by atoms with Crippen LogP contribution < -0.4 is 0 Å². The molecule has 2 rings (SSSR count). The lowest BCUT2D eigenvalue weighted by Gasteiger charge is -2.27. The number of hydrogen-bond donors (Lipinski definition) is 0. The number of ketones is 1. The largest absolute Gasteiger partial charge is 0.334 e. The number of Topliss-reactive ketones (excluding diaryl/α,β-unsaturated/α-hetero) is 1. The van der Waals surface area contributed by atoms with Gasteiger partial charge >= 0.3 is 0 Å². The zero-order chi connectivity index (χ0) is 15.6. The first-order valence-corrected chi connectivity index (χ1v) is 7.47. The maximum Gasteiger partial charge on any atom is 0.295 e. The van der Waals surface area contributed by atoms with Gasteiger partial charge in [-0.3, -0.25) is 9.59 Å². The molecule has 0 bridgehead atoms. The van der Waals surface area contributed by atoms with Crippen LogP contribution in [0.15, 0.2) is 30.3 Å². The van der Waals surface area contributed by atoms with Crippen LogP contribution in [0.3, 0.4) is 0 Å². The fourth-order valence-electron chi connectivity index (χ4n) is 3.04. The van der Waals surface area contributed by atoms with Gasteiger partial charge in [-0.25, -0.2) is 0 Å². The van der Waals surface area contributed by atoms with E-state index in [4.69, 9.17) is 0 Å². The Labute approximate surface area is 126 Å². The van der Waals surface area contributed by atoms with E-state index in [0.29, 0.717) is 36.5 Å². The third kappa shape index (κ3) is 3.32. The highest BCUT2D eigenvalue weighted by atomic mass is 16.2. The second-order valence-electron chi connectivity index (χ2n) is 6.34. The van der Waals surface area contributed by atoms with Gasteiger partial charge < -0.3 is 9.80 Å². The normalized spacial score (nSPS) is 22.1. The van der Waals surface area contributed by atoms with Gasteiger partial charge in [0, 0.05) is 24.7 Å². The summed E-state index contributed by atoms with van der Waals surface area (Å²) in [6.07, 6.45) is 0. The van der Waals surface area contributed by atoms with Gasteiger partial charge in [0.05, 0.1) is 0 Å². The maximum absolute atomic E-state index is 12.4. The summed E-state index contributed by atoms with van der Waals surface area (Å²) in [4.78, 5) is 28.6. The van der Waals surface area contributed by atoms with Crippen LogP contribution in [-0.4, -0.2) is 54.7 Å². The van der Waals surface area contributed by atoms with Crippen LogP contribution in [0.1, 0.15) is 24.2 Å². The topological polar surface area (TPSA) is 40.6 Å². The van der Waals surface area contributed by atoms with Crippen molar-refractivity contribution in [3.05, 3.63) is 35.9 Å². The predicted molar refractivity (Wildman–Crippen MR) is 83.2 cm³/mol. The van der Waals surface area contributed by atoms with Crippen molar-refractivity contribution in [2.75, 3.05) is 27.2 Å². The van der Waals surface area contributed by atoms with Crippen molar-refractivity contribution in [3.63, 3.8) is 0 Å². The molecule has 0 aliphatic carbocycles. The maximum atomic E-state index is 12.4. The van der Waals surface area contributed by atoms with Gasteiger partial charge in [0.2, 0.25) is 5.78 Å². The van der Waals surface area contributed by atoms with Crippen molar-refractivity contribution >= 4 is 11.7 Å². The highest BCUT2D eigenvalue weighted by Crippen LogP contribution is 2.27. The summed E-state index contributed by atoms with van der Waals surface area (Å²) in [7, 11) is 4.07. The number of carbonyl (C=O) groups excluding carboxylic acids is 2. The van der Waals surface area contributed by atoms with E-state index in [0.717, 1.165) is 0 Å². The number of benzene rings is 1. The summed E-state index contributed by atoms with van der Waals surface area (Å²) >= 11 is 0. The zero-order valence-electron chi connectivity index (χ0n) is 13.2. The number of amides is 1. The Balaban J connectivity index is 2.12. The minimum absolute atomic E-state index is 0.317. The summed E-state index contributed by atoms with van der Waals surface area (Å²) in [5.74, 6) is 0.114. The highest BCUT2D eigenvalue weighted by molar-refractivity contribution is 6.42. The van der Waals surface area contributed by atoms with Gasteiger partial charge in [0.15, 0.2) is 0 Å². The van der Waals surface area contributed by atoms with Crippen LogP contribution in [0.2, 0.25) is 0 Å². The number of carbonyl (C=O) groups is 2. The third-order valence-electron chi connectivity index (χ3n) is 4.37. The molecule has 2 atom stereocenters. The number of likely N-dealkylation sites (N-methyl/N-ethyl adjacent to an activating group) is 1. The van der Waals surface area contributed by atoms with Gasteiger partial charge in [-0.1, -0.05) is 44.2 Å². The average Bonchev–Trinajstić information content (AvgIpc) is 2.92. The van der Waals surface area contributed by atoms with E-state index >= 15 is 0 Å². The fraction of sp³-hybridized carbons (Fsp3) is 0.529. The molecule has 1 saturated heterocycles. The van der Waals surface area contributed by atoms with Crippen LogP contribution in [-0.2, 0) is 4.79 Å². The lowest BCUT2D eigenvalue weighted by atomic mass is 9.91. The molecular weight excluding hydrogens is 264 g/mol. The number of nitrogens with zero attached hydrogens (tertiary/aromatic N) is 2. The average molecular weight is 288 g/mol. The monoisotopic (exact) mass is 288 g/mol. The lowest BCUT2D eigenvalue weighted by molar-refractivity contribution is -0.125. The molecule has 2 unspecified atom stereocenters. The van der Waals surface area contributed by atoms with Gasteiger partial charge in [-0.15, -0.1) is 0 Å². The molecule has 1 aliphatic heterocycles. The van der Waals surface area contributed by atoms with Crippen LogP contribution in [0, 0.1) is 11.8 Å². The molecule has 114 valence electrons. The Hall–Kier alpha value is -1.68. The number of rotatable bonds is 4. The Kier molecular flexibility index (Phi) is 4.78. The molecule has 0 aromatic heterocycles. The molecule has 1 heterocycles. The van der Waals surface area contributed by atoms with Crippen molar-refractivity contribution in [1.29, 1.82) is 0 Å². The van der Waals surface area contributed by atoms with Gasteiger partial charge in [0.1, 0.15) is 0 Å². The van der Waals surface area contributed by atoms with E-state index in [-0.39, 0.29) is 5.91 Å². The Morgan fingerprint density at radius 3 is 2.24 bits per heavy atom. The minimum atomic E-state index is -0.405. The van der Waals surface area contributed by atoms with E-state index in [9.17, 15) is 9.59 Å². The summed E-state index contributed by atoms with van der Waals surface area (Å²) in [5, 5.41) is 0. The van der Waals surface area contributed by atoms with E-state index in [1.807, 2.05) is 20.2 Å². The molecule has 1 amide bonds. The molecular formula is C17H24N2O2. The quantitative estimate of drug-likeness (QED) is 0.628. The first-order valence-electron chi connectivity index (χ1n) is 7.47. The molecule has 1 fully saturated rings. The Bertz CT molecular complexity index is 495. The van der Waals surface area contributed by atoms with Gasteiger partial charge in [-0.2, -0.15) is 0 Å². The van der Waals surface area contributed by atoms with Crippen molar-refractivity contribution in [2.45, 2.75) is 19.9 Å². The van der Waals surface area contributed by atoms with Crippen molar-refractivity contribution in [3.8, 4) is 0 Å². The first-order chi connectivity index (χ1) is 9.91. The molecule has 0 N–H and O–H groups in total. The van der Waals surface area contributed by atoms with Crippen LogP contribution in [0.25, 0.3) is 0 Å². The van der Waals surface area contributed by atoms with Crippen LogP contribution >= 0.6 is 0 Å². The fourth-order valence-corrected chi connectivity index (χ4v) is 3.04. The van der Waals surface area contributed by atoms with Crippen molar-refractivity contribution < 1.29 is 9.59 Å². The molecule has 0 radical (unpaired) electrons. The van der Waals surface area contributed by atoms with E-state index < -0.39 is 5.78 Å². The SMILES string of the molecule is CC(C)C1CN(C(=O)C(=O)c2ccccc2)CC1N(C)C. The van der Waals surface area contributed by atoms with Crippen LogP contribution in [0.4, 0.5) is 0 Å². The molecule has 1 aromatic rings. The van der Waals surface area contributed by atoms with Crippen LogP contribution in [0.5, 0.6) is 0 Å². The molecule has 21 heavy (non-hydrogen) atoms. The standard InChI is InChI=1S/C17H24N2O2/c1-12(2)14-10-19(11-15(14)18(3)4)17(21)16(20)13-8-6-5-7-9-13/h5-9,12,14-15H,10-11H2,1-4H3. The molecule has 4 heteroatoms. The van der Waals surface area contributed by atoms with Crippen molar-refractivity contribution in [1.82, 2.24) is 9.80 Å². The molecule has 4 nitrogen and oxygen atoms in total. The molecule has 1 aromatic carbocycles. The number of likely N-dealkylation sites (tertiary alicyclic amines) is 1. The smallest absolute Gasteiger partial charge is 0.295 e. The highest BCUT2D eigenvalue weighted by Gasteiger charge is 2.39. The Morgan fingerprint density at radius 1 is 1.14 bits per heavy atom. The summed E-state index contributed by atoms with van der Waals surface area (Å²) in [6, 6.07) is 9.11.